The van der Waals surface area contributed by atoms with Gasteiger partial charge in [-0.3, -0.25) is 19.1 Å². The fourth-order valence-corrected chi connectivity index (χ4v) is 6.93. The number of aromatic nitrogens is 5. The van der Waals surface area contributed by atoms with Crippen LogP contribution in [0.5, 0.6) is 0 Å². The Hall–Kier alpha value is -4.67. The summed E-state index contributed by atoms with van der Waals surface area (Å²) in [6.07, 6.45) is 8.44. The Balaban J connectivity index is 1.03. The molecule has 2 aliphatic heterocycles. The van der Waals surface area contributed by atoms with E-state index in [0.717, 1.165) is 36.6 Å². The highest BCUT2D eigenvalue weighted by Crippen LogP contribution is 2.36. The number of carbonyl (C=O) groups excluding carboxylic acids is 1. The number of amides is 1. The van der Waals surface area contributed by atoms with E-state index < -0.39 is 5.60 Å². The highest BCUT2D eigenvalue weighted by molar-refractivity contribution is 5.80. The van der Waals surface area contributed by atoms with Gasteiger partial charge in [-0.2, -0.15) is 0 Å². The topological polar surface area (TPSA) is 109 Å². The first-order chi connectivity index (χ1) is 22.0. The van der Waals surface area contributed by atoms with Crippen LogP contribution in [0.4, 0.5) is 0 Å². The molecule has 0 spiro atoms. The number of para-hydroxylation sites is 1. The summed E-state index contributed by atoms with van der Waals surface area (Å²) in [5, 5.41) is 12.1. The Morgan fingerprint density at radius 2 is 1.60 bits per heavy atom. The number of piperidine rings is 2. The van der Waals surface area contributed by atoms with Gasteiger partial charge in [0.05, 0.1) is 24.1 Å². The van der Waals surface area contributed by atoms with E-state index in [9.17, 15) is 14.7 Å². The minimum absolute atomic E-state index is 0.0524. The van der Waals surface area contributed by atoms with Crippen LogP contribution >= 0.6 is 0 Å². The summed E-state index contributed by atoms with van der Waals surface area (Å²) < 4.78 is 3.40. The second-order valence-corrected chi connectivity index (χ2v) is 12.3. The van der Waals surface area contributed by atoms with Crippen molar-refractivity contribution in [3.05, 3.63) is 119 Å². The zero-order chi connectivity index (χ0) is 30.8. The first-order valence-corrected chi connectivity index (χ1v) is 15.6. The van der Waals surface area contributed by atoms with Gasteiger partial charge in [-0.1, -0.05) is 48.5 Å². The van der Waals surface area contributed by atoms with E-state index in [0.29, 0.717) is 43.5 Å². The average molecular weight is 604 g/mol. The number of aliphatic hydroxyl groups is 1. The molecule has 0 bridgehead atoms. The third kappa shape index (κ3) is 6.03. The van der Waals surface area contributed by atoms with Crippen molar-refractivity contribution in [1.82, 2.24) is 33.9 Å². The molecule has 0 aliphatic carbocycles. The fraction of sp³-hybridized carbons (Fsp3) is 0.343. The number of nitrogens with zero attached hydrogens (tertiary/aromatic N) is 7. The molecule has 2 saturated heterocycles. The molecule has 0 unspecified atom stereocenters. The molecule has 1 N–H and O–H groups in total. The summed E-state index contributed by atoms with van der Waals surface area (Å²) in [7, 11) is 0. The van der Waals surface area contributed by atoms with Crippen LogP contribution in [0.1, 0.15) is 36.6 Å². The summed E-state index contributed by atoms with van der Waals surface area (Å²) in [5.41, 5.74) is 1.39. The zero-order valence-corrected chi connectivity index (χ0v) is 25.2. The van der Waals surface area contributed by atoms with E-state index in [1.807, 2.05) is 70.3 Å². The van der Waals surface area contributed by atoms with E-state index in [4.69, 9.17) is 0 Å². The largest absolute Gasteiger partial charge is 0.388 e. The lowest BCUT2D eigenvalue weighted by molar-refractivity contribution is -0.142. The maximum atomic E-state index is 14.0. The van der Waals surface area contributed by atoms with E-state index in [1.54, 1.807) is 18.5 Å². The maximum absolute atomic E-state index is 14.0. The molecule has 10 nitrogen and oxygen atoms in total. The van der Waals surface area contributed by atoms with Crippen LogP contribution in [0.15, 0.2) is 103 Å². The molecule has 45 heavy (non-hydrogen) atoms. The molecule has 5 aromatic rings. The molecular weight excluding hydrogens is 566 g/mol. The van der Waals surface area contributed by atoms with Crippen LogP contribution < -0.4 is 5.56 Å². The number of likely N-dealkylation sites (tertiary alicyclic amines) is 2. The van der Waals surface area contributed by atoms with Gasteiger partial charge in [0.2, 0.25) is 5.91 Å². The van der Waals surface area contributed by atoms with Crippen molar-refractivity contribution in [3.8, 4) is 5.69 Å². The summed E-state index contributed by atoms with van der Waals surface area (Å²) in [6.45, 7) is 3.23. The van der Waals surface area contributed by atoms with Gasteiger partial charge in [-0.05, 0) is 55.6 Å². The highest BCUT2D eigenvalue weighted by atomic mass is 16.3. The lowest BCUT2D eigenvalue weighted by atomic mass is 9.79. The molecule has 7 rings (SSSR count). The number of carbonyl (C=O) groups is 1. The van der Waals surface area contributed by atoms with Crippen molar-refractivity contribution in [1.29, 1.82) is 0 Å². The summed E-state index contributed by atoms with van der Waals surface area (Å²) >= 11 is 0. The van der Waals surface area contributed by atoms with E-state index in [-0.39, 0.29) is 29.8 Å². The third-order valence-electron chi connectivity index (χ3n) is 9.40. The SMILES string of the molecule is O=C([C@@H]1CCN(Cc2ncccn2)C[C@H]1c1ccccc1)N1CCC(O)(Cn2cnc3c(ccn3-c3ccccc3)c2=O)CC1. The lowest BCUT2D eigenvalue weighted by Gasteiger charge is -2.43. The molecule has 5 heterocycles. The Labute approximate surface area is 261 Å². The van der Waals surface area contributed by atoms with Crippen molar-refractivity contribution in [3.63, 3.8) is 0 Å². The second kappa shape index (κ2) is 12.4. The van der Waals surface area contributed by atoms with E-state index in [1.165, 1.54) is 10.9 Å². The molecule has 2 fully saturated rings. The summed E-state index contributed by atoms with van der Waals surface area (Å²) in [6, 6.07) is 23.7. The molecule has 0 saturated carbocycles. The molecule has 2 atom stereocenters. The quantitative estimate of drug-likeness (QED) is 0.303. The Morgan fingerprint density at radius 3 is 2.33 bits per heavy atom. The average Bonchev–Trinajstić information content (AvgIpc) is 3.52. The molecule has 2 aliphatic rings. The Morgan fingerprint density at radius 1 is 0.889 bits per heavy atom. The lowest BCUT2D eigenvalue weighted by Crippen LogP contribution is -2.53. The first kappa shape index (κ1) is 29.1. The molecular formula is C35H37N7O3. The van der Waals surface area contributed by atoms with Crippen molar-refractivity contribution in [2.75, 3.05) is 26.2 Å². The first-order valence-electron chi connectivity index (χ1n) is 15.6. The monoisotopic (exact) mass is 603 g/mol. The second-order valence-electron chi connectivity index (χ2n) is 12.3. The normalized spacial score (nSPS) is 20.3. The van der Waals surface area contributed by atoms with Crippen LogP contribution in [0, 0.1) is 5.92 Å². The standard InChI is InChI=1S/C35H37N7O3/c43-33(28-12-18-39(23-31-36-16-7-17-37-31)22-30(28)26-8-3-1-4-9-26)40-20-14-35(45,15-21-40)24-41-25-38-32-29(34(41)44)13-19-42(32)27-10-5-2-6-11-27/h1-11,13,16-17,19,25,28,30,45H,12,14-15,18,20-24H2/t28-,30+/m1/s1. The van der Waals surface area contributed by atoms with Crippen LogP contribution in [-0.2, 0) is 17.9 Å². The molecule has 3 aromatic heterocycles. The van der Waals surface area contributed by atoms with Gasteiger partial charge < -0.3 is 14.6 Å². The van der Waals surface area contributed by atoms with Crippen LogP contribution in [0.25, 0.3) is 16.7 Å². The van der Waals surface area contributed by atoms with Crippen molar-refractivity contribution in [2.45, 2.75) is 43.9 Å². The predicted octanol–water partition coefficient (Wildman–Crippen LogP) is 3.64. The number of hydrogen-bond donors (Lipinski definition) is 1. The van der Waals surface area contributed by atoms with Gasteiger partial charge in [-0.25, -0.2) is 15.0 Å². The predicted molar refractivity (Wildman–Crippen MR) is 171 cm³/mol. The number of benzene rings is 2. The Kier molecular flexibility index (Phi) is 7.99. The van der Waals surface area contributed by atoms with Gasteiger partial charge >= 0.3 is 0 Å². The minimum Gasteiger partial charge on any atom is -0.388 e. The van der Waals surface area contributed by atoms with Gasteiger partial charge in [-0.15, -0.1) is 0 Å². The molecule has 1 amide bonds. The molecule has 230 valence electrons. The van der Waals surface area contributed by atoms with Crippen LogP contribution in [0.3, 0.4) is 0 Å². The maximum Gasteiger partial charge on any atom is 0.262 e. The summed E-state index contributed by atoms with van der Waals surface area (Å²) in [4.78, 5) is 45.1. The third-order valence-corrected chi connectivity index (χ3v) is 9.40. The van der Waals surface area contributed by atoms with Gasteiger partial charge in [0.1, 0.15) is 12.2 Å². The minimum atomic E-state index is -1.10. The van der Waals surface area contributed by atoms with Gasteiger partial charge in [0.25, 0.3) is 5.56 Å². The zero-order valence-electron chi connectivity index (χ0n) is 25.2. The summed E-state index contributed by atoms with van der Waals surface area (Å²) in [5.74, 6) is 0.835. The van der Waals surface area contributed by atoms with Crippen LogP contribution in [0.2, 0.25) is 0 Å². The number of rotatable bonds is 7. The molecule has 2 aromatic carbocycles. The highest BCUT2D eigenvalue weighted by Gasteiger charge is 2.41. The van der Waals surface area contributed by atoms with E-state index >= 15 is 0 Å². The fourth-order valence-electron chi connectivity index (χ4n) is 6.93. The van der Waals surface area contributed by atoms with Gasteiger partial charge in [0, 0.05) is 55.7 Å². The molecule has 0 radical (unpaired) electrons. The van der Waals surface area contributed by atoms with E-state index in [2.05, 4.69) is 32.0 Å². The van der Waals surface area contributed by atoms with Crippen molar-refractivity contribution in [2.24, 2.45) is 5.92 Å². The number of hydrogen-bond acceptors (Lipinski definition) is 7. The van der Waals surface area contributed by atoms with Crippen molar-refractivity contribution >= 4 is 16.9 Å². The number of fused-ring (bicyclic) bond motifs is 1. The Bertz CT molecular complexity index is 1820. The molecule has 10 heteroatoms. The van der Waals surface area contributed by atoms with Crippen LogP contribution in [-0.4, -0.2) is 76.7 Å². The van der Waals surface area contributed by atoms with Gasteiger partial charge in [0.15, 0.2) is 5.65 Å². The van der Waals surface area contributed by atoms with Crippen molar-refractivity contribution < 1.29 is 9.90 Å². The smallest absolute Gasteiger partial charge is 0.262 e.